The SMILES string of the molecule is CCC(C(=O)NC)N(Cc1ccc(Cl)c(Cl)c1)C(=O)CN(c1ccccc1C(C)C)S(C)(=O)=O. The standard InChI is InChI=1S/C24H31Cl2N3O4S/c1-6-21(24(31)27-4)28(14-17-11-12-19(25)20(26)13-17)23(30)15-29(34(5,32)33)22-10-8-7-9-18(22)16(2)3/h7-13,16,21H,6,14-15H2,1-5H3,(H,27,31). The number of carbonyl (C=O) groups excluding carboxylic acids is 2. The van der Waals surface area contributed by atoms with Gasteiger partial charge in [0.25, 0.3) is 0 Å². The number of halogens is 2. The molecular formula is C24H31Cl2N3O4S. The number of hydrogen-bond acceptors (Lipinski definition) is 4. The Morgan fingerprint density at radius 2 is 1.71 bits per heavy atom. The second-order valence-corrected chi connectivity index (χ2v) is 11.0. The van der Waals surface area contributed by atoms with Crippen LogP contribution in [0.15, 0.2) is 42.5 Å². The van der Waals surface area contributed by atoms with Crippen LogP contribution in [0.3, 0.4) is 0 Å². The van der Waals surface area contributed by atoms with Crippen LogP contribution in [-0.4, -0.2) is 51.0 Å². The van der Waals surface area contributed by atoms with Crippen LogP contribution in [-0.2, 0) is 26.2 Å². The highest BCUT2D eigenvalue weighted by atomic mass is 35.5. The summed E-state index contributed by atoms with van der Waals surface area (Å²) >= 11 is 12.2. The van der Waals surface area contributed by atoms with Gasteiger partial charge >= 0.3 is 0 Å². The molecule has 0 fully saturated rings. The van der Waals surface area contributed by atoms with Crippen molar-refractivity contribution < 1.29 is 18.0 Å². The number of hydrogen-bond donors (Lipinski definition) is 1. The summed E-state index contributed by atoms with van der Waals surface area (Å²) in [5.74, 6) is -0.813. The molecular weight excluding hydrogens is 497 g/mol. The van der Waals surface area contributed by atoms with Crippen molar-refractivity contribution in [3.63, 3.8) is 0 Å². The van der Waals surface area contributed by atoms with Gasteiger partial charge in [-0.2, -0.15) is 0 Å². The summed E-state index contributed by atoms with van der Waals surface area (Å²) in [7, 11) is -2.30. The van der Waals surface area contributed by atoms with Crippen molar-refractivity contribution in [3.8, 4) is 0 Å². The van der Waals surface area contributed by atoms with Crippen LogP contribution in [0.1, 0.15) is 44.2 Å². The zero-order valence-corrected chi connectivity index (χ0v) is 22.3. The van der Waals surface area contributed by atoms with Crippen LogP contribution < -0.4 is 9.62 Å². The third-order valence-corrected chi connectivity index (χ3v) is 7.34. The molecule has 1 atom stereocenters. The molecule has 0 heterocycles. The number of anilines is 1. The molecule has 0 saturated carbocycles. The van der Waals surface area contributed by atoms with Gasteiger partial charge in [-0.3, -0.25) is 13.9 Å². The molecule has 0 radical (unpaired) electrons. The maximum absolute atomic E-state index is 13.6. The number of benzene rings is 2. The Hall–Kier alpha value is -2.29. The van der Waals surface area contributed by atoms with E-state index in [1.165, 1.54) is 11.9 Å². The Balaban J connectivity index is 2.51. The van der Waals surface area contributed by atoms with Crippen molar-refractivity contribution in [2.24, 2.45) is 0 Å². The van der Waals surface area contributed by atoms with E-state index < -0.39 is 28.5 Å². The number of amides is 2. The zero-order valence-electron chi connectivity index (χ0n) is 20.0. The smallest absolute Gasteiger partial charge is 0.244 e. The van der Waals surface area contributed by atoms with Crippen molar-refractivity contribution in [2.45, 2.75) is 45.7 Å². The van der Waals surface area contributed by atoms with Crippen LogP contribution >= 0.6 is 23.2 Å². The number of para-hydroxylation sites is 1. The highest BCUT2D eigenvalue weighted by molar-refractivity contribution is 7.92. The minimum absolute atomic E-state index is 0.0390. The van der Waals surface area contributed by atoms with Gasteiger partial charge in [0.05, 0.1) is 22.0 Å². The molecule has 1 unspecified atom stereocenters. The molecule has 0 aromatic heterocycles. The van der Waals surface area contributed by atoms with Crippen LogP contribution in [0, 0.1) is 0 Å². The molecule has 0 aliphatic carbocycles. The topological polar surface area (TPSA) is 86.8 Å². The monoisotopic (exact) mass is 527 g/mol. The maximum atomic E-state index is 13.6. The first kappa shape index (κ1) is 28.0. The molecule has 2 aromatic carbocycles. The minimum Gasteiger partial charge on any atom is -0.357 e. The Kier molecular flexibility index (Phi) is 9.79. The molecule has 0 aliphatic heterocycles. The quantitative estimate of drug-likeness (QED) is 0.494. The normalized spacial score (nSPS) is 12.4. The summed E-state index contributed by atoms with van der Waals surface area (Å²) in [5, 5.41) is 3.28. The van der Waals surface area contributed by atoms with Crippen LogP contribution in [0.25, 0.3) is 0 Å². The summed E-state index contributed by atoms with van der Waals surface area (Å²) in [6.07, 6.45) is 1.41. The van der Waals surface area contributed by atoms with Crippen molar-refractivity contribution >= 4 is 50.7 Å². The van der Waals surface area contributed by atoms with E-state index in [2.05, 4.69) is 5.32 Å². The van der Waals surface area contributed by atoms with Crippen LogP contribution in [0.5, 0.6) is 0 Å². The van der Waals surface area contributed by atoms with E-state index in [0.29, 0.717) is 27.7 Å². The second-order valence-electron chi connectivity index (χ2n) is 8.29. The molecule has 1 N–H and O–H groups in total. The highest BCUT2D eigenvalue weighted by Gasteiger charge is 2.32. The lowest BCUT2D eigenvalue weighted by Crippen LogP contribution is -2.51. The fraction of sp³-hybridized carbons (Fsp3) is 0.417. The summed E-state index contributed by atoms with van der Waals surface area (Å²) < 4.78 is 26.7. The molecule has 10 heteroatoms. The van der Waals surface area contributed by atoms with Gasteiger partial charge in [-0.1, -0.05) is 68.2 Å². The summed E-state index contributed by atoms with van der Waals surface area (Å²) in [6.45, 7) is 5.31. The molecule has 186 valence electrons. The number of rotatable bonds is 10. The summed E-state index contributed by atoms with van der Waals surface area (Å²) in [4.78, 5) is 27.6. The first-order valence-electron chi connectivity index (χ1n) is 10.9. The number of likely N-dealkylation sites (N-methyl/N-ethyl adjacent to an activating group) is 1. The second kappa shape index (κ2) is 11.9. The van der Waals surface area contributed by atoms with E-state index in [1.54, 1.807) is 37.3 Å². The first-order chi connectivity index (χ1) is 15.9. The lowest BCUT2D eigenvalue weighted by atomic mass is 10.0. The van der Waals surface area contributed by atoms with Crippen LogP contribution in [0.2, 0.25) is 10.0 Å². The molecule has 0 saturated heterocycles. The van der Waals surface area contributed by atoms with E-state index in [1.807, 2.05) is 26.0 Å². The molecule has 0 aliphatic rings. The zero-order chi connectivity index (χ0) is 25.6. The predicted molar refractivity (Wildman–Crippen MR) is 138 cm³/mol. The van der Waals surface area contributed by atoms with Gasteiger partial charge in [-0.25, -0.2) is 8.42 Å². The average molecular weight is 529 g/mol. The Labute approximate surface area is 212 Å². The lowest BCUT2D eigenvalue weighted by molar-refractivity contribution is -0.140. The average Bonchev–Trinajstić information content (AvgIpc) is 2.78. The molecule has 2 amide bonds. The minimum atomic E-state index is -3.80. The maximum Gasteiger partial charge on any atom is 0.244 e. The van der Waals surface area contributed by atoms with Gasteiger partial charge in [0.2, 0.25) is 21.8 Å². The third-order valence-electron chi connectivity index (χ3n) is 5.48. The van der Waals surface area contributed by atoms with Gasteiger partial charge in [0, 0.05) is 13.6 Å². The van der Waals surface area contributed by atoms with E-state index in [4.69, 9.17) is 23.2 Å². The fourth-order valence-electron chi connectivity index (χ4n) is 3.72. The molecule has 7 nitrogen and oxygen atoms in total. The van der Waals surface area contributed by atoms with Gasteiger partial charge < -0.3 is 10.2 Å². The number of carbonyl (C=O) groups is 2. The summed E-state index contributed by atoms with van der Waals surface area (Å²) in [6, 6.07) is 11.3. The molecule has 0 bridgehead atoms. The summed E-state index contributed by atoms with van der Waals surface area (Å²) in [5.41, 5.74) is 1.91. The number of sulfonamides is 1. The van der Waals surface area contributed by atoms with E-state index in [0.717, 1.165) is 16.1 Å². The number of nitrogens with one attached hydrogen (secondary N) is 1. The van der Waals surface area contributed by atoms with Crippen molar-refractivity contribution in [3.05, 3.63) is 63.6 Å². The fourth-order valence-corrected chi connectivity index (χ4v) is 4.91. The van der Waals surface area contributed by atoms with E-state index >= 15 is 0 Å². The molecule has 2 rings (SSSR count). The Morgan fingerprint density at radius 3 is 2.24 bits per heavy atom. The van der Waals surface area contributed by atoms with Crippen molar-refractivity contribution in [1.29, 1.82) is 0 Å². The molecule has 2 aromatic rings. The predicted octanol–water partition coefficient (Wildman–Crippen LogP) is 4.44. The van der Waals surface area contributed by atoms with Gasteiger partial charge in [-0.05, 0) is 41.7 Å². The Morgan fingerprint density at radius 1 is 1.06 bits per heavy atom. The lowest BCUT2D eigenvalue weighted by Gasteiger charge is -2.33. The van der Waals surface area contributed by atoms with Gasteiger partial charge in [0.15, 0.2) is 0 Å². The molecule has 0 spiro atoms. The van der Waals surface area contributed by atoms with Crippen molar-refractivity contribution in [2.75, 3.05) is 24.2 Å². The number of nitrogens with zero attached hydrogens (tertiary/aromatic N) is 2. The van der Waals surface area contributed by atoms with Gasteiger partial charge in [0.1, 0.15) is 12.6 Å². The Bertz CT molecular complexity index is 1140. The van der Waals surface area contributed by atoms with Crippen molar-refractivity contribution in [1.82, 2.24) is 10.2 Å². The highest BCUT2D eigenvalue weighted by Crippen LogP contribution is 2.29. The van der Waals surface area contributed by atoms with Gasteiger partial charge in [-0.15, -0.1) is 0 Å². The van der Waals surface area contributed by atoms with E-state index in [-0.39, 0.29) is 18.4 Å². The third kappa shape index (κ3) is 6.87. The molecule has 34 heavy (non-hydrogen) atoms. The van der Waals surface area contributed by atoms with Crippen LogP contribution in [0.4, 0.5) is 5.69 Å². The largest absolute Gasteiger partial charge is 0.357 e. The first-order valence-corrected chi connectivity index (χ1v) is 13.5. The van der Waals surface area contributed by atoms with E-state index in [9.17, 15) is 18.0 Å².